The van der Waals surface area contributed by atoms with Crippen LogP contribution in [0.15, 0.2) is 78.9 Å². The summed E-state index contributed by atoms with van der Waals surface area (Å²) in [5.41, 5.74) is 10.6. The van der Waals surface area contributed by atoms with Crippen molar-refractivity contribution in [3.8, 4) is 23.0 Å². The maximum atomic E-state index is 10.1. The van der Waals surface area contributed by atoms with Crippen molar-refractivity contribution in [2.45, 2.75) is 12.5 Å². The molecule has 0 saturated heterocycles. The predicted molar refractivity (Wildman–Crippen MR) is 103 cm³/mol. The standard InChI is InChI=1S/C23H21NO/c24-15-14-23(25)22-11-5-7-19(17-22)13-12-18-6-4-10-21(16-18)20-8-2-1-3-9-20/h1-11,16-17,23,25H,14-15,24H2. The minimum Gasteiger partial charge on any atom is -0.388 e. The van der Waals surface area contributed by atoms with Gasteiger partial charge in [-0.3, -0.25) is 0 Å². The smallest absolute Gasteiger partial charge is 0.0802 e. The van der Waals surface area contributed by atoms with E-state index in [2.05, 4.69) is 36.1 Å². The second-order valence-corrected chi connectivity index (χ2v) is 5.92. The van der Waals surface area contributed by atoms with E-state index in [1.54, 1.807) is 0 Å². The Bertz CT molecular complexity index is 890. The number of hydrogen-bond donors (Lipinski definition) is 2. The number of aliphatic hydroxyl groups excluding tert-OH is 1. The van der Waals surface area contributed by atoms with Gasteiger partial charge in [0.15, 0.2) is 0 Å². The fourth-order valence-electron chi connectivity index (χ4n) is 2.70. The monoisotopic (exact) mass is 327 g/mol. The summed E-state index contributed by atoms with van der Waals surface area (Å²) in [5, 5.41) is 10.1. The second kappa shape index (κ2) is 8.30. The number of benzene rings is 3. The topological polar surface area (TPSA) is 46.2 Å². The van der Waals surface area contributed by atoms with E-state index >= 15 is 0 Å². The molecule has 124 valence electrons. The van der Waals surface area contributed by atoms with Gasteiger partial charge in [-0.2, -0.15) is 0 Å². The van der Waals surface area contributed by atoms with E-state index in [9.17, 15) is 5.11 Å². The summed E-state index contributed by atoms with van der Waals surface area (Å²) < 4.78 is 0. The first kappa shape index (κ1) is 17.0. The molecule has 1 unspecified atom stereocenters. The number of nitrogens with two attached hydrogens (primary N) is 1. The SMILES string of the molecule is NCCC(O)c1cccc(C#Cc2cccc(-c3ccccc3)c2)c1. The third-order valence-corrected chi connectivity index (χ3v) is 4.03. The minimum absolute atomic E-state index is 0.462. The summed E-state index contributed by atoms with van der Waals surface area (Å²) in [7, 11) is 0. The lowest BCUT2D eigenvalue weighted by Crippen LogP contribution is -2.06. The summed E-state index contributed by atoms with van der Waals surface area (Å²) in [4.78, 5) is 0. The molecule has 0 aliphatic heterocycles. The van der Waals surface area contributed by atoms with Crippen molar-refractivity contribution in [3.63, 3.8) is 0 Å². The van der Waals surface area contributed by atoms with Crippen LogP contribution in [0.5, 0.6) is 0 Å². The predicted octanol–water partition coefficient (Wildman–Crippen LogP) is 4.14. The van der Waals surface area contributed by atoms with Crippen LogP contribution in [0.4, 0.5) is 0 Å². The highest BCUT2D eigenvalue weighted by Crippen LogP contribution is 2.20. The lowest BCUT2D eigenvalue weighted by atomic mass is 10.0. The van der Waals surface area contributed by atoms with Crippen molar-refractivity contribution in [1.82, 2.24) is 0 Å². The molecule has 2 heteroatoms. The molecule has 3 aromatic rings. The Morgan fingerprint density at radius 1 is 0.760 bits per heavy atom. The normalized spacial score (nSPS) is 11.4. The summed E-state index contributed by atoms with van der Waals surface area (Å²) >= 11 is 0. The van der Waals surface area contributed by atoms with Crippen molar-refractivity contribution in [1.29, 1.82) is 0 Å². The lowest BCUT2D eigenvalue weighted by Gasteiger charge is -2.09. The van der Waals surface area contributed by atoms with Gasteiger partial charge in [0.05, 0.1) is 6.10 Å². The summed E-state index contributed by atoms with van der Waals surface area (Å²) in [6.07, 6.45) is 0.0175. The highest BCUT2D eigenvalue weighted by atomic mass is 16.3. The van der Waals surface area contributed by atoms with Crippen LogP contribution < -0.4 is 5.73 Å². The molecule has 0 fully saturated rings. The van der Waals surface area contributed by atoms with Gasteiger partial charge in [0.25, 0.3) is 0 Å². The minimum atomic E-state index is -0.534. The summed E-state index contributed by atoms with van der Waals surface area (Å²) in [5.74, 6) is 6.40. The molecular weight excluding hydrogens is 306 g/mol. The number of rotatable bonds is 4. The van der Waals surface area contributed by atoms with E-state index in [1.807, 2.05) is 54.6 Å². The Balaban J connectivity index is 1.83. The van der Waals surface area contributed by atoms with Crippen molar-refractivity contribution in [3.05, 3.63) is 95.6 Å². The molecule has 0 saturated carbocycles. The van der Waals surface area contributed by atoms with Crippen LogP contribution in [0.25, 0.3) is 11.1 Å². The van der Waals surface area contributed by atoms with Gasteiger partial charge >= 0.3 is 0 Å². The van der Waals surface area contributed by atoms with Crippen LogP contribution in [-0.2, 0) is 0 Å². The lowest BCUT2D eigenvalue weighted by molar-refractivity contribution is 0.170. The van der Waals surface area contributed by atoms with E-state index in [4.69, 9.17) is 5.73 Å². The van der Waals surface area contributed by atoms with Gasteiger partial charge in [0, 0.05) is 11.1 Å². The van der Waals surface area contributed by atoms with Gasteiger partial charge in [-0.05, 0) is 53.9 Å². The van der Waals surface area contributed by atoms with Gasteiger partial charge in [-0.25, -0.2) is 0 Å². The molecule has 0 aromatic heterocycles. The zero-order valence-electron chi connectivity index (χ0n) is 14.0. The summed E-state index contributed by atoms with van der Waals surface area (Å²) in [6.45, 7) is 0.462. The van der Waals surface area contributed by atoms with Gasteiger partial charge < -0.3 is 10.8 Å². The van der Waals surface area contributed by atoms with Crippen molar-refractivity contribution < 1.29 is 5.11 Å². The maximum absolute atomic E-state index is 10.1. The fraction of sp³-hybridized carbons (Fsp3) is 0.130. The zero-order chi connectivity index (χ0) is 17.5. The Kier molecular flexibility index (Phi) is 5.64. The highest BCUT2D eigenvalue weighted by Gasteiger charge is 2.06. The van der Waals surface area contributed by atoms with Gasteiger partial charge in [0.1, 0.15) is 0 Å². The molecule has 0 heterocycles. The number of hydrogen-bond acceptors (Lipinski definition) is 2. The molecule has 0 spiro atoms. The summed E-state index contributed by atoms with van der Waals surface area (Å²) in [6, 6.07) is 26.2. The molecule has 3 rings (SSSR count). The van der Waals surface area contributed by atoms with Crippen LogP contribution in [0.3, 0.4) is 0 Å². The Morgan fingerprint density at radius 3 is 2.12 bits per heavy atom. The molecule has 25 heavy (non-hydrogen) atoms. The van der Waals surface area contributed by atoms with Crippen LogP contribution >= 0.6 is 0 Å². The van der Waals surface area contributed by atoms with E-state index in [1.165, 1.54) is 5.56 Å². The van der Waals surface area contributed by atoms with Crippen molar-refractivity contribution in [2.24, 2.45) is 5.73 Å². The average molecular weight is 327 g/mol. The quantitative estimate of drug-likeness (QED) is 0.708. The number of aliphatic hydroxyl groups is 1. The Hall–Kier alpha value is -2.86. The molecule has 3 aromatic carbocycles. The van der Waals surface area contributed by atoms with Gasteiger partial charge in [-0.1, -0.05) is 66.4 Å². The Morgan fingerprint density at radius 2 is 1.40 bits per heavy atom. The average Bonchev–Trinajstić information content (AvgIpc) is 2.68. The van der Waals surface area contributed by atoms with Gasteiger partial charge in [0.2, 0.25) is 0 Å². The first-order chi connectivity index (χ1) is 12.3. The molecule has 0 radical (unpaired) electrons. The van der Waals surface area contributed by atoms with E-state index in [0.717, 1.165) is 22.3 Å². The highest BCUT2D eigenvalue weighted by molar-refractivity contribution is 5.65. The molecule has 0 aliphatic rings. The second-order valence-electron chi connectivity index (χ2n) is 5.92. The largest absolute Gasteiger partial charge is 0.388 e. The van der Waals surface area contributed by atoms with Crippen LogP contribution in [-0.4, -0.2) is 11.7 Å². The molecule has 0 amide bonds. The fourth-order valence-corrected chi connectivity index (χ4v) is 2.70. The third-order valence-electron chi connectivity index (χ3n) is 4.03. The third kappa shape index (κ3) is 4.58. The van der Waals surface area contributed by atoms with Crippen LogP contribution in [0, 0.1) is 11.8 Å². The van der Waals surface area contributed by atoms with Crippen molar-refractivity contribution >= 4 is 0 Å². The molecule has 0 bridgehead atoms. The van der Waals surface area contributed by atoms with E-state index < -0.39 is 6.10 Å². The Labute approximate surface area is 149 Å². The van der Waals surface area contributed by atoms with E-state index in [-0.39, 0.29) is 0 Å². The first-order valence-electron chi connectivity index (χ1n) is 8.42. The molecular formula is C23H21NO. The van der Waals surface area contributed by atoms with Crippen LogP contribution in [0.2, 0.25) is 0 Å². The van der Waals surface area contributed by atoms with Crippen LogP contribution in [0.1, 0.15) is 29.2 Å². The molecule has 2 nitrogen and oxygen atoms in total. The van der Waals surface area contributed by atoms with E-state index in [0.29, 0.717) is 13.0 Å². The van der Waals surface area contributed by atoms with Crippen molar-refractivity contribution in [2.75, 3.05) is 6.54 Å². The zero-order valence-corrected chi connectivity index (χ0v) is 14.0. The molecule has 1 atom stereocenters. The van der Waals surface area contributed by atoms with Gasteiger partial charge in [-0.15, -0.1) is 0 Å². The molecule has 3 N–H and O–H groups in total. The maximum Gasteiger partial charge on any atom is 0.0802 e. The molecule has 0 aliphatic carbocycles. The first-order valence-corrected chi connectivity index (χ1v) is 8.42.